The van der Waals surface area contributed by atoms with Gasteiger partial charge in [0.25, 0.3) is 0 Å². The monoisotopic (exact) mass is 234 g/mol. The van der Waals surface area contributed by atoms with Crippen LogP contribution in [0.15, 0.2) is 41.6 Å². The van der Waals surface area contributed by atoms with Gasteiger partial charge in [0.05, 0.1) is 13.3 Å². The fourth-order valence-corrected chi connectivity index (χ4v) is 2.24. The highest BCUT2D eigenvalue weighted by atomic mass is 32.2. The molecule has 0 unspecified atom stereocenters. The van der Waals surface area contributed by atoms with Gasteiger partial charge in [0.2, 0.25) is 0 Å². The van der Waals surface area contributed by atoms with Gasteiger partial charge in [-0.3, -0.25) is 4.68 Å². The van der Waals surface area contributed by atoms with Crippen LogP contribution in [0.2, 0.25) is 0 Å². The first-order chi connectivity index (χ1) is 7.78. The van der Waals surface area contributed by atoms with Gasteiger partial charge in [-0.05, 0) is 17.7 Å². The quantitative estimate of drug-likeness (QED) is 0.761. The van der Waals surface area contributed by atoms with Crippen molar-refractivity contribution < 1.29 is 4.74 Å². The van der Waals surface area contributed by atoms with E-state index in [4.69, 9.17) is 4.74 Å². The van der Waals surface area contributed by atoms with Gasteiger partial charge in [0.15, 0.2) is 0 Å². The molecule has 1 heterocycles. The van der Waals surface area contributed by atoms with Crippen molar-refractivity contribution in [2.45, 2.75) is 10.6 Å². The summed E-state index contributed by atoms with van der Waals surface area (Å²) >= 11 is 1.78. The normalized spacial score (nSPS) is 10.4. The smallest absolute Gasteiger partial charge is 0.118 e. The molecule has 0 saturated heterocycles. The summed E-state index contributed by atoms with van der Waals surface area (Å²) in [6, 6.07) is 8.14. The van der Waals surface area contributed by atoms with Gasteiger partial charge in [0.1, 0.15) is 5.75 Å². The molecule has 0 atom stereocenters. The summed E-state index contributed by atoms with van der Waals surface area (Å²) in [5.74, 6) is 1.85. The van der Waals surface area contributed by atoms with Crippen molar-refractivity contribution >= 4 is 11.8 Å². The fraction of sp³-hybridized carbons (Fsp3) is 0.250. The molecule has 1 aromatic carbocycles. The van der Waals surface area contributed by atoms with E-state index in [0.29, 0.717) is 0 Å². The zero-order chi connectivity index (χ0) is 11.4. The average molecular weight is 234 g/mol. The minimum absolute atomic E-state index is 0.898. The van der Waals surface area contributed by atoms with Crippen LogP contribution in [-0.4, -0.2) is 16.9 Å². The Balaban J connectivity index is 1.94. The Kier molecular flexibility index (Phi) is 3.51. The molecule has 16 heavy (non-hydrogen) atoms. The SMILES string of the molecule is COc1ccc(CSc2cnn(C)c2)cc1. The van der Waals surface area contributed by atoms with Gasteiger partial charge in [0, 0.05) is 23.9 Å². The van der Waals surface area contributed by atoms with E-state index in [-0.39, 0.29) is 0 Å². The highest BCUT2D eigenvalue weighted by Crippen LogP contribution is 2.22. The Morgan fingerprint density at radius 3 is 2.62 bits per heavy atom. The fourth-order valence-electron chi connectivity index (χ4n) is 1.36. The number of nitrogens with zero attached hydrogens (tertiary/aromatic N) is 2. The average Bonchev–Trinajstić information content (AvgIpc) is 2.73. The van der Waals surface area contributed by atoms with E-state index < -0.39 is 0 Å². The number of rotatable bonds is 4. The maximum Gasteiger partial charge on any atom is 0.118 e. The van der Waals surface area contributed by atoms with Crippen LogP contribution in [-0.2, 0) is 12.8 Å². The highest BCUT2D eigenvalue weighted by Gasteiger charge is 1.99. The van der Waals surface area contributed by atoms with E-state index in [1.807, 2.05) is 36.3 Å². The number of benzene rings is 1. The number of ether oxygens (including phenoxy) is 1. The van der Waals surface area contributed by atoms with Crippen molar-refractivity contribution in [1.29, 1.82) is 0 Å². The summed E-state index contributed by atoms with van der Waals surface area (Å²) in [5.41, 5.74) is 1.29. The molecule has 2 rings (SSSR count). The van der Waals surface area contributed by atoms with Crippen LogP contribution in [0.4, 0.5) is 0 Å². The minimum atomic E-state index is 0.898. The lowest BCUT2D eigenvalue weighted by Crippen LogP contribution is -1.84. The predicted molar refractivity (Wildman–Crippen MR) is 65.8 cm³/mol. The van der Waals surface area contributed by atoms with Gasteiger partial charge < -0.3 is 4.74 Å². The van der Waals surface area contributed by atoms with Crippen LogP contribution < -0.4 is 4.74 Å². The van der Waals surface area contributed by atoms with Crippen molar-refractivity contribution in [1.82, 2.24) is 9.78 Å². The van der Waals surface area contributed by atoms with E-state index >= 15 is 0 Å². The number of aromatic nitrogens is 2. The molecule has 0 bridgehead atoms. The van der Waals surface area contributed by atoms with Crippen molar-refractivity contribution in [2.24, 2.45) is 7.05 Å². The third-order valence-corrected chi connectivity index (χ3v) is 3.27. The molecule has 0 N–H and O–H groups in total. The summed E-state index contributed by atoms with van der Waals surface area (Å²) in [6.45, 7) is 0. The molecule has 0 aliphatic rings. The summed E-state index contributed by atoms with van der Waals surface area (Å²) in [6.07, 6.45) is 3.91. The van der Waals surface area contributed by atoms with Gasteiger partial charge in [-0.1, -0.05) is 12.1 Å². The zero-order valence-electron chi connectivity index (χ0n) is 9.38. The lowest BCUT2D eigenvalue weighted by atomic mass is 10.2. The first-order valence-corrected chi connectivity index (χ1v) is 6.01. The molecule has 4 heteroatoms. The molecule has 0 amide bonds. The van der Waals surface area contributed by atoms with E-state index in [1.54, 1.807) is 18.9 Å². The molecule has 84 valence electrons. The second-order valence-electron chi connectivity index (χ2n) is 3.49. The van der Waals surface area contributed by atoms with Crippen LogP contribution in [0, 0.1) is 0 Å². The third-order valence-electron chi connectivity index (χ3n) is 2.25. The lowest BCUT2D eigenvalue weighted by Gasteiger charge is -2.02. The minimum Gasteiger partial charge on any atom is -0.497 e. The van der Waals surface area contributed by atoms with E-state index in [0.717, 1.165) is 11.5 Å². The second kappa shape index (κ2) is 5.07. The summed E-state index contributed by atoms with van der Waals surface area (Å²) in [4.78, 5) is 1.19. The molecule has 3 nitrogen and oxygen atoms in total. The van der Waals surface area contributed by atoms with Crippen LogP contribution in [0.25, 0.3) is 0 Å². The summed E-state index contributed by atoms with van der Waals surface area (Å²) in [7, 11) is 3.61. The Hall–Kier alpha value is -1.42. The maximum absolute atomic E-state index is 5.12. The Labute approximate surface area is 99.4 Å². The summed E-state index contributed by atoms with van der Waals surface area (Å²) < 4.78 is 6.93. The van der Waals surface area contributed by atoms with Gasteiger partial charge in [-0.25, -0.2) is 0 Å². The lowest BCUT2D eigenvalue weighted by molar-refractivity contribution is 0.414. The number of thioether (sulfide) groups is 1. The molecule has 1 aromatic heterocycles. The Bertz CT molecular complexity index is 450. The number of hydrogen-bond acceptors (Lipinski definition) is 3. The highest BCUT2D eigenvalue weighted by molar-refractivity contribution is 7.98. The van der Waals surface area contributed by atoms with Crippen LogP contribution in [0.3, 0.4) is 0 Å². The molecule has 0 radical (unpaired) electrons. The summed E-state index contributed by atoms with van der Waals surface area (Å²) in [5, 5.41) is 4.13. The molecule has 2 aromatic rings. The first-order valence-electron chi connectivity index (χ1n) is 5.02. The Morgan fingerprint density at radius 2 is 2.06 bits per heavy atom. The van der Waals surface area contributed by atoms with Crippen molar-refractivity contribution in [3.05, 3.63) is 42.2 Å². The van der Waals surface area contributed by atoms with Crippen LogP contribution in [0.5, 0.6) is 5.75 Å². The molecular formula is C12H14N2OS. The topological polar surface area (TPSA) is 27.1 Å². The van der Waals surface area contributed by atoms with E-state index in [9.17, 15) is 0 Å². The molecular weight excluding hydrogens is 220 g/mol. The number of methoxy groups -OCH3 is 1. The van der Waals surface area contributed by atoms with Gasteiger partial charge >= 0.3 is 0 Å². The predicted octanol–water partition coefficient (Wildman–Crippen LogP) is 2.72. The first kappa shape index (κ1) is 11.1. The van der Waals surface area contributed by atoms with E-state index in [1.165, 1.54) is 10.5 Å². The number of hydrogen-bond donors (Lipinski definition) is 0. The van der Waals surface area contributed by atoms with Crippen molar-refractivity contribution in [3.8, 4) is 5.75 Å². The molecule has 0 aliphatic carbocycles. The maximum atomic E-state index is 5.12. The zero-order valence-corrected chi connectivity index (χ0v) is 10.2. The number of aryl methyl sites for hydroxylation is 1. The van der Waals surface area contributed by atoms with Crippen LogP contribution >= 0.6 is 11.8 Å². The molecule has 0 saturated carbocycles. The van der Waals surface area contributed by atoms with Crippen molar-refractivity contribution in [2.75, 3.05) is 7.11 Å². The van der Waals surface area contributed by atoms with Gasteiger partial charge in [-0.15, -0.1) is 11.8 Å². The Morgan fingerprint density at radius 1 is 1.31 bits per heavy atom. The molecule has 0 fully saturated rings. The third kappa shape index (κ3) is 2.79. The van der Waals surface area contributed by atoms with Crippen molar-refractivity contribution in [3.63, 3.8) is 0 Å². The molecule has 0 aliphatic heterocycles. The largest absolute Gasteiger partial charge is 0.497 e. The second-order valence-corrected chi connectivity index (χ2v) is 4.54. The van der Waals surface area contributed by atoms with E-state index in [2.05, 4.69) is 17.2 Å². The van der Waals surface area contributed by atoms with Gasteiger partial charge in [-0.2, -0.15) is 5.10 Å². The standard InChI is InChI=1S/C12H14N2OS/c1-14-8-12(7-13-14)16-9-10-3-5-11(15-2)6-4-10/h3-8H,9H2,1-2H3. The molecule has 0 spiro atoms. The van der Waals surface area contributed by atoms with Crippen LogP contribution in [0.1, 0.15) is 5.56 Å².